The highest BCUT2D eigenvalue weighted by atomic mass is 127. The maximum atomic E-state index is 11.2. The highest BCUT2D eigenvalue weighted by molar-refractivity contribution is 14.0. The number of guanidine groups is 1. The molecule has 10 heteroatoms. The van der Waals surface area contributed by atoms with Crippen LogP contribution in [0.2, 0.25) is 5.02 Å². The van der Waals surface area contributed by atoms with E-state index in [0.29, 0.717) is 36.0 Å². The van der Waals surface area contributed by atoms with Crippen LogP contribution >= 0.6 is 35.6 Å². The average molecular weight is 477 g/mol. The van der Waals surface area contributed by atoms with Gasteiger partial charge in [0, 0.05) is 18.8 Å². The predicted octanol–water partition coefficient (Wildman–Crippen LogP) is 2.02. The van der Waals surface area contributed by atoms with Crippen LogP contribution in [0.1, 0.15) is 13.3 Å². The van der Waals surface area contributed by atoms with E-state index in [2.05, 4.69) is 15.0 Å². The summed E-state index contributed by atoms with van der Waals surface area (Å²) in [5, 5.41) is 3.37. The van der Waals surface area contributed by atoms with Crippen molar-refractivity contribution in [3.8, 4) is 5.75 Å². The molecule has 132 valence electrons. The smallest absolute Gasteiger partial charge is 0.211 e. The van der Waals surface area contributed by atoms with Crippen molar-refractivity contribution in [2.24, 2.45) is 10.7 Å². The molecule has 1 aromatic rings. The molecule has 1 aromatic carbocycles. The quantitative estimate of drug-likeness (QED) is 0.230. The molecule has 0 aliphatic heterocycles. The molecule has 0 saturated heterocycles. The third-order valence-electron chi connectivity index (χ3n) is 2.74. The summed E-state index contributed by atoms with van der Waals surface area (Å²) in [5.74, 6) is 0.878. The number of aliphatic imine (C=N–C) groups is 1. The first-order valence-corrected chi connectivity index (χ1v) is 8.78. The minimum Gasteiger partial charge on any atom is -0.495 e. The van der Waals surface area contributed by atoms with Crippen LogP contribution in [0.5, 0.6) is 5.75 Å². The summed E-state index contributed by atoms with van der Waals surface area (Å²) in [7, 11) is -1.61. The summed E-state index contributed by atoms with van der Waals surface area (Å²) in [6.07, 6.45) is 0.560. The molecule has 0 bridgehead atoms. The molecule has 0 atom stereocenters. The molecule has 0 heterocycles. The van der Waals surface area contributed by atoms with Crippen LogP contribution in [-0.2, 0) is 10.0 Å². The fourth-order valence-corrected chi connectivity index (χ4v) is 2.46. The number of nitrogens with zero attached hydrogens (tertiary/aromatic N) is 1. The van der Waals surface area contributed by atoms with Crippen molar-refractivity contribution in [3.63, 3.8) is 0 Å². The number of benzene rings is 1. The first-order valence-electron chi connectivity index (χ1n) is 6.75. The third-order valence-corrected chi connectivity index (χ3v) is 4.44. The normalized spacial score (nSPS) is 11.7. The number of anilines is 1. The molecule has 1 rings (SSSR count). The lowest BCUT2D eigenvalue weighted by atomic mass is 10.3. The van der Waals surface area contributed by atoms with Crippen LogP contribution in [-0.4, -0.2) is 40.3 Å². The van der Waals surface area contributed by atoms with Crippen molar-refractivity contribution in [1.29, 1.82) is 0 Å². The summed E-state index contributed by atoms with van der Waals surface area (Å²) in [6.45, 7) is 2.33. The van der Waals surface area contributed by atoms with Gasteiger partial charge < -0.3 is 15.8 Å². The number of hydrogen-bond donors (Lipinski definition) is 3. The third kappa shape index (κ3) is 8.58. The van der Waals surface area contributed by atoms with E-state index in [4.69, 9.17) is 22.1 Å². The highest BCUT2D eigenvalue weighted by Crippen LogP contribution is 2.26. The molecule has 0 saturated carbocycles. The van der Waals surface area contributed by atoms with Gasteiger partial charge in [-0.2, -0.15) is 0 Å². The zero-order valence-corrected chi connectivity index (χ0v) is 16.9. The zero-order valence-electron chi connectivity index (χ0n) is 13.0. The van der Waals surface area contributed by atoms with Gasteiger partial charge >= 0.3 is 0 Å². The average Bonchev–Trinajstić information content (AvgIpc) is 2.47. The number of nitrogens with two attached hydrogens (primary N) is 1. The first-order chi connectivity index (χ1) is 10.4. The highest BCUT2D eigenvalue weighted by Gasteiger charge is 2.04. The van der Waals surface area contributed by atoms with E-state index in [0.717, 1.165) is 0 Å². The number of methoxy groups -OCH3 is 1. The molecular formula is C13H22ClIN4O3S. The second kappa shape index (κ2) is 10.9. The van der Waals surface area contributed by atoms with Gasteiger partial charge in [-0.3, -0.25) is 4.99 Å². The van der Waals surface area contributed by atoms with Gasteiger partial charge in [0.2, 0.25) is 10.0 Å². The van der Waals surface area contributed by atoms with Crippen molar-refractivity contribution >= 4 is 57.2 Å². The lowest BCUT2D eigenvalue weighted by Crippen LogP contribution is -2.27. The van der Waals surface area contributed by atoms with E-state index in [-0.39, 0.29) is 35.7 Å². The van der Waals surface area contributed by atoms with Gasteiger partial charge in [0.1, 0.15) is 5.75 Å². The molecule has 0 amide bonds. The lowest BCUT2D eigenvalue weighted by Gasteiger charge is -2.08. The van der Waals surface area contributed by atoms with Gasteiger partial charge in [-0.15, -0.1) is 24.0 Å². The summed E-state index contributed by atoms with van der Waals surface area (Å²) >= 11 is 6.00. The van der Waals surface area contributed by atoms with Crippen molar-refractivity contribution in [3.05, 3.63) is 23.2 Å². The van der Waals surface area contributed by atoms with Crippen molar-refractivity contribution < 1.29 is 13.2 Å². The second-order valence-corrected chi connectivity index (χ2v) is 6.90. The fourth-order valence-electron chi connectivity index (χ4n) is 1.54. The monoisotopic (exact) mass is 476 g/mol. The number of sulfonamides is 1. The van der Waals surface area contributed by atoms with E-state index in [9.17, 15) is 8.42 Å². The fraction of sp³-hybridized carbons (Fsp3) is 0.462. The minimum absolute atomic E-state index is 0. The van der Waals surface area contributed by atoms with Gasteiger partial charge in [0.05, 0.1) is 17.9 Å². The van der Waals surface area contributed by atoms with E-state index < -0.39 is 10.0 Å². The van der Waals surface area contributed by atoms with Crippen molar-refractivity contribution in [2.45, 2.75) is 13.3 Å². The zero-order chi connectivity index (χ0) is 16.6. The Morgan fingerprint density at radius 3 is 2.70 bits per heavy atom. The topological polar surface area (TPSA) is 106 Å². The predicted molar refractivity (Wildman–Crippen MR) is 106 cm³/mol. The maximum Gasteiger partial charge on any atom is 0.211 e. The SMILES string of the molecule is CCS(=O)(=O)NCCCN=C(N)Nc1ccc(OC)c(Cl)c1.I. The molecule has 23 heavy (non-hydrogen) atoms. The second-order valence-electron chi connectivity index (χ2n) is 4.39. The molecule has 0 aliphatic carbocycles. The van der Waals surface area contributed by atoms with Crippen LogP contribution in [0.4, 0.5) is 5.69 Å². The Morgan fingerprint density at radius 1 is 1.43 bits per heavy atom. The largest absolute Gasteiger partial charge is 0.495 e. The van der Waals surface area contributed by atoms with Gasteiger partial charge in [0.25, 0.3) is 0 Å². The minimum atomic E-state index is -3.15. The number of hydrogen-bond acceptors (Lipinski definition) is 4. The number of halogens is 2. The molecule has 0 unspecified atom stereocenters. The summed E-state index contributed by atoms with van der Waals surface area (Å²) in [4.78, 5) is 4.11. The summed E-state index contributed by atoms with van der Waals surface area (Å²) in [6, 6.07) is 5.16. The molecule has 0 radical (unpaired) electrons. The van der Waals surface area contributed by atoms with Crippen LogP contribution < -0.4 is 20.5 Å². The van der Waals surface area contributed by atoms with Crippen LogP contribution in [0.25, 0.3) is 0 Å². The number of nitrogens with one attached hydrogen (secondary N) is 2. The molecule has 0 aromatic heterocycles. The van der Waals surface area contributed by atoms with E-state index in [1.165, 1.54) is 7.11 Å². The lowest BCUT2D eigenvalue weighted by molar-refractivity contribution is 0.415. The molecule has 0 aliphatic rings. The Morgan fingerprint density at radius 2 is 2.13 bits per heavy atom. The van der Waals surface area contributed by atoms with Crippen LogP contribution in [0.3, 0.4) is 0 Å². The van der Waals surface area contributed by atoms with Crippen molar-refractivity contribution in [1.82, 2.24) is 4.72 Å². The Bertz CT molecular complexity index is 626. The Labute approximate surface area is 159 Å². The molecule has 0 fully saturated rings. The van der Waals surface area contributed by atoms with Gasteiger partial charge in [0.15, 0.2) is 5.96 Å². The molecular weight excluding hydrogens is 455 g/mol. The Balaban J connectivity index is 0.00000484. The first kappa shape index (κ1) is 22.2. The van der Waals surface area contributed by atoms with Gasteiger partial charge in [-0.25, -0.2) is 13.1 Å². The van der Waals surface area contributed by atoms with Gasteiger partial charge in [-0.1, -0.05) is 11.6 Å². The van der Waals surface area contributed by atoms with Crippen LogP contribution in [0.15, 0.2) is 23.2 Å². The van der Waals surface area contributed by atoms with E-state index in [1.807, 2.05) is 0 Å². The Kier molecular flexibility index (Phi) is 10.5. The van der Waals surface area contributed by atoms with Crippen molar-refractivity contribution in [2.75, 3.05) is 31.3 Å². The molecule has 0 spiro atoms. The summed E-state index contributed by atoms with van der Waals surface area (Å²) in [5.41, 5.74) is 6.44. The standard InChI is InChI=1S/C13H21ClN4O3S.HI/c1-3-22(19,20)17-8-4-7-16-13(15)18-10-5-6-12(21-2)11(14)9-10;/h5-6,9,17H,3-4,7-8H2,1-2H3,(H3,15,16,18);1H. The summed E-state index contributed by atoms with van der Waals surface area (Å²) < 4.78 is 29.9. The molecule has 7 nitrogen and oxygen atoms in total. The van der Waals surface area contributed by atoms with E-state index >= 15 is 0 Å². The van der Waals surface area contributed by atoms with Crippen LogP contribution in [0, 0.1) is 0 Å². The van der Waals surface area contributed by atoms with Gasteiger partial charge in [-0.05, 0) is 31.5 Å². The maximum absolute atomic E-state index is 11.2. The Hall–Kier alpha value is -0.780. The number of ether oxygens (including phenoxy) is 1. The number of rotatable bonds is 8. The molecule has 4 N–H and O–H groups in total. The van der Waals surface area contributed by atoms with E-state index in [1.54, 1.807) is 25.1 Å².